The van der Waals surface area contributed by atoms with E-state index in [1.807, 2.05) is 0 Å². The molecule has 0 bridgehead atoms. The summed E-state index contributed by atoms with van der Waals surface area (Å²) in [6, 6.07) is 6.28. The number of nitro groups is 1. The Morgan fingerprint density at radius 2 is 1.76 bits per heavy atom. The summed E-state index contributed by atoms with van der Waals surface area (Å²) in [5.41, 5.74) is 0.100. The number of hydrogen-bond donors (Lipinski definition) is 2. The van der Waals surface area contributed by atoms with Crippen molar-refractivity contribution in [2.45, 2.75) is 13.3 Å². The molecule has 2 rings (SSSR count). The average molecular weight is 295 g/mol. The number of nitrogens with one attached hydrogen (secondary N) is 2. The van der Waals surface area contributed by atoms with Crippen molar-refractivity contribution in [2.75, 3.05) is 45.9 Å². The number of non-ortho nitro benzene ring substituents is 1. The second-order valence-electron chi connectivity index (χ2n) is 5.56. The van der Waals surface area contributed by atoms with Crippen molar-refractivity contribution in [2.24, 2.45) is 0 Å². The van der Waals surface area contributed by atoms with Crippen LogP contribution >= 0.6 is 0 Å². The molecule has 1 fully saturated rings. The van der Waals surface area contributed by atoms with Gasteiger partial charge < -0.3 is 14.5 Å². The molecule has 1 heterocycles. The fourth-order valence-corrected chi connectivity index (χ4v) is 2.74. The van der Waals surface area contributed by atoms with Gasteiger partial charge in [0.25, 0.3) is 5.69 Å². The molecule has 6 heteroatoms. The van der Waals surface area contributed by atoms with E-state index < -0.39 is 4.92 Å². The van der Waals surface area contributed by atoms with Crippen molar-refractivity contribution >= 4 is 5.69 Å². The second-order valence-corrected chi connectivity index (χ2v) is 5.56. The number of piperazine rings is 1. The van der Waals surface area contributed by atoms with Gasteiger partial charge in [0.1, 0.15) is 31.9 Å². The van der Waals surface area contributed by atoms with E-state index in [9.17, 15) is 10.1 Å². The molecule has 0 amide bonds. The van der Waals surface area contributed by atoms with Gasteiger partial charge in [-0.05, 0) is 19.1 Å². The number of nitro benzene ring substituents is 1. The monoisotopic (exact) mass is 295 g/mol. The molecule has 6 nitrogen and oxygen atoms in total. The third kappa shape index (κ3) is 4.99. The van der Waals surface area contributed by atoms with Crippen LogP contribution in [0, 0.1) is 10.1 Å². The quantitative estimate of drug-likeness (QED) is 0.392. The average Bonchev–Trinajstić information content (AvgIpc) is 2.52. The van der Waals surface area contributed by atoms with E-state index >= 15 is 0 Å². The van der Waals surface area contributed by atoms with E-state index in [-0.39, 0.29) is 5.69 Å². The summed E-state index contributed by atoms with van der Waals surface area (Å²) in [7, 11) is 0. The molecule has 1 aliphatic rings. The predicted molar refractivity (Wildman–Crippen MR) is 80.0 cm³/mol. The zero-order valence-electron chi connectivity index (χ0n) is 12.6. The van der Waals surface area contributed by atoms with E-state index in [0.717, 1.165) is 13.0 Å². The molecular formula is C15H25N3O3+2. The Bertz CT molecular complexity index is 442. The SMILES string of the molecule is CC[NH+]1CC[NH+](CCCOc2ccc([N+](=O)[O-])cc2)CC1. The van der Waals surface area contributed by atoms with Gasteiger partial charge in [-0.25, -0.2) is 0 Å². The van der Waals surface area contributed by atoms with Crippen LogP contribution in [0.5, 0.6) is 5.75 Å². The number of ether oxygens (including phenoxy) is 1. The van der Waals surface area contributed by atoms with Crippen LogP contribution < -0.4 is 14.5 Å². The topological polar surface area (TPSA) is 61.2 Å². The molecule has 1 aromatic carbocycles. The van der Waals surface area contributed by atoms with Crippen LogP contribution in [0.1, 0.15) is 13.3 Å². The fourth-order valence-electron chi connectivity index (χ4n) is 2.74. The van der Waals surface area contributed by atoms with Crippen molar-refractivity contribution < 1.29 is 19.5 Å². The standard InChI is InChI=1S/C15H23N3O3/c1-2-16-9-11-17(12-10-16)8-3-13-21-15-6-4-14(5-7-15)18(19)20/h4-7H,2-3,8-13H2,1H3/p+2. The maximum absolute atomic E-state index is 10.6. The highest BCUT2D eigenvalue weighted by molar-refractivity contribution is 5.35. The van der Waals surface area contributed by atoms with Gasteiger partial charge in [-0.3, -0.25) is 10.1 Å². The molecule has 1 saturated heterocycles. The largest absolute Gasteiger partial charge is 0.493 e. The zero-order chi connectivity index (χ0) is 15.1. The normalized spacial score (nSPS) is 22.0. The molecular weight excluding hydrogens is 270 g/mol. The smallest absolute Gasteiger partial charge is 0.269 e. The van der Waals surface area contributed by atoms with Crippen molar-refractivity contribution in [3.63, 3.8) is 0 Å². The van der Waals surface area contributed by atoms with Crippen LogP contribution in [0.4, 0.5) is 5.69 Å². The summed E-state index contributed by atoms with van der Waals surface area (Å²) in [5.74, 6) is 0.704. The third-order valence-electron chi connectivity index (χ3n) is 4.16. The summed E-state index contributed by atoms with van der Waals surface area (Å²) < 4.78 is 5.63. The van der Waals surface area contributed by atoms with Gasteiger partial charge in [0.15, 0.2) is 0 Å². The summed E-state index contributed by atoms with van der Waals surface area (Å²) in [5, 5.41) is 10.6. The molecule has 0 atom stereocenters. The number of likely N-dealkylation sites (N-methyl/N-ethyl adjacent to an activating group) is 1. The predicted octanol–water partition coefficient (Wildman–Crippen LogP) is -0.833. The van der Waals surface area contributed by atoms with Crippen molar-refractivity contribution in [3.8, 4) is 5.75 Å². The highest BCUT2D eigenvalue weighted by Crippen LogP contribution is 2.17. The van der Waals surface area contributed by atoms with Crippen LogP contribution in [0.2, 0.25) is 0 Å². The lowest BCUT2D eigenvalue weighted by atomic mass is 10.3. The van der Waals surface area contributed by atoms with Crippen LogP contribution in [0.3, 0.4) is 0 Å². The lowest BCUT2D eigenvalue weighted by molar-refractivity contribution is -1.01. The minimum atomic E-state index is -0.398. The van der Waals surface area contributed by atoms with Crippen molar-refractivity contribution in [1.82, 2.24) is 0 Å². The van der Waals surface area contributed by atoms with Gasteiger partial charge in [0.2, 0.25) is 0 Å². The number of hydrogen-bond acceptors (Lipinski definition) is 3. The fraction of sp³-hybridized carbons (Fsp3) is 0.600. The highest BCUT2D eigenvalue weighted by Gasteiger charge is 2.20. The molecule has 0 radical (unpaired) electrons. The molecule has 0 unspecified atom stereocenters. The number of benzene rings is 1. The van der Waals surface area contributed by atoms with E-state index in [2.05, 4.69) is 6.92 Å². The first-order chi connectivity index (χ1) is 10.2. The molecule has 1 aromatic rings. The van der Waals surface area contributed by atoms with Gasteiger partial charge in [0, 0.05) is 18.6 Å². The van der Waals surface area contributed by atoms with E-state index in [0.29, 0.717) is 12.4 Å². The summed E-state index contributed by atoms with van der Waals surface area (Å²) >= 11 is 0. The van der Waals surface area contributed by atoms with E-state index in [1.54, 1.807) is 21.9 Å². The number of quaternary nitrogens is 2. The number of nitrogens with zero attached hydrogens (tertiary/aromatic N) is 1. The summed E-state index contributed by atoms with van der Waals surface area (Å²) in [6.07, 6.45) is 1.02. The van der Waals surface area contributed by atoms with Crippen molar-refractivity contribution in [3.05, 3.63) is 34.4 Å². The molecule has 0 spiro atoms. The Labute approximate surface area is 125 Å². The maximum Gasteiger partial charge on any atom is 0.269 e. The van der Waals surface area contributed by atoms with E-state index in [4.69, 9.17) is 4.74 Å². The van der Waals surface area contributed by atoms with Gasteiger partial charge >= 0.3 is 0 Å². The van der Waals surface area contributed by atoms with Gasteiger partial charge in [0.05, 0.1) is 24.6 Å². The molecule has 21 heavy (non-hydrogen) atoms. The van der Waals surface area contributed by atoms with E-state index in [1.165, 1.54) is 44.9 Å². The van der Waals surface area contributed by atoms with Gasteiger partial charge in [-0.1, -0.05) is 0 Å². The molecule has 2 N–H and O–H groups in total. The molecule has 116 valence electrons. The minimum Gasteiger partial charge on any atom is -0.493 e. The number of rotatable bonds is 7. The Hall–Kier alpha value is -1.66. The summed E-state index contributed by atoms with van der Waals surface area (Å²) in [4.78, 5) is 13.5. The lowest BCUT2D eigenvalue weighted by Crippen LogP contribution is -3.28. The van der Waals surface area contributed by atoms with Crippen LogP contribution in [0.15, 0.2) is 24.3 Å². The maximum atomic E-state index is 10.6. The zero-order valence-corrected chi connectivity index (χ0v) is 12.6. The Morgan fingerprint density at radius 3 is 2.33 bits per heavy atom. The summed E-state index contributed by atoms with van der Waals surface area (Å²) in [6.45, 7) is 10.3. The first-order valence-electron chi connectivity index (χ1n) is 7.73. The highest BCUT2D eigenvalue weighted by atomic mass is 16.6. The van der Waals surface area contributed by atoms with Gasteiger partial charge in [-0.15, -0.1) is 0 Å². The molecule has 0 saturated carbocycles. The lowest BCUT2D eigenvalue weighted by Gasteiger charge is -2.28. The van der Waals surface area contributed by atoms with Crippen LogP contribution in [0.25, 0.3) is 0 Å². The minimum absolute atomic E-state index is 0.100. The molecule has 0 aromatic heterocycles. The first kappa shape index (κ1) is 15.7. The first-order valence-corrected chi connectivity index (χ1v) is 7.73. The molecule has 1 aliphatic heterocycles. The van der Waals surface area contributed by atoms with Crippen LogP contribution in [-0.4, -0.2) is 50.8 Å². The Morgan fingerprint density at radius 1 is 1.14 bits per heavy atom. The van der Waals surface area contributed by atoms with Crippen LogP contribution in [-0.2, 0) is 0 Å². The van der Waals surface area contributed by atoms with Gasteiger partial charge in [-0.2, -0.15) is 0 Å². The second kappa shape index (κ2) is 7.95. The molecule has 0 aliphatic carbocycles. The Balaban J connectivity index is 1.62. The third-order valence-corrected chi connectivity index (χ3v) is 4.16. The van der Waals surface area contributed by atoms with Crippen molar-refractivity contribution in [1.29, 1.82) is 0 Å². The Kier molecular flexibility index (Phi) is 5.95.